The molecule has 0 aliphatic carbocycles. The van der Waals surface area contributed by atoms with Gasteiger partial charge in [-0.25, -0.2) is 4.79 Å². The highest BCUT2D eigenvalue weighted by Gasteiger charge is 2.37. The summed E-state index contributed by atoms with van der Waals surface area (Å²) in [4.78, 5) is 77.8. The smallest absolute Gasteiger partial charge is 0.328 e. The van der Waals surface area contributed by atoms with Crippen LogP contribution < -0.4 is 27.0 Å². The first-order chi connectivity index (χ1) is 22.1. The average Bonchev–Trinajstić information content (AvgIpc) is 3.46. The second-order valence-electron chi connectivity index (χ2n) is 12.9. The lowest BCUT2D eigenvalue weighted by Gasteiger charge is -2.32. The van der Waals surface area contributed by atoms with Gasteiger partial charge in [0.15, 0.2) is 0 Å². The van der Waals surface area contributed by atoms with Gasteiger partial charge in [0.1, 0.15) is 18.1 Å². The molecule has 14 nitrogen and oxygen atoms in total. The lowest BCUT2D eigenvalue weighted by atomic mass is 9.99. The number of nitrogens with one attached hydrogen (secondary N) is 4. The molecule has 14 heteroatoms. The maximum atomic E-state index is 13.6. The van der Waals surface area contributed by atoms with Gasteiger partial charge in [0.2, 0.25) is 29.5 Å². The van der Waals surface area contributed by atoms with Gasteiger partial charge < -0.3 is 36.8 Å². The second kappa shape index (κ2) is 18.9. The largest absolute Gasteiger partial charge is 0.467 e. The molecule has 1 aromatic rings. The fraction of sp³-hybridized carbons (Fsp3) is 0.636. The number of esters is 1. The number of rotatable bonds is 18. The Hall–Kier alpha value is -4.04. The molecule has 6 atom stereocenters. The van der Waals surface area contributed by atoms with Crippen LogP contribution in [0.15, 0.2) is 30.3 Å². The van der Waals surface area contributed by atoms with Crippen molar-refractivity contribution in [3.63, 3.8) is 0 Å². The number of nitrogens with two attached hydrogens (primary N) is 1. The number of methoxy groups -OCH3 is 1. The van der Waals surface area contributed by atoms with E-state index in [0.29, 0.717) is 25.8 Å². The summed E-state index contributed by atoms with van der Waals surface area (Å²) in [7, 11) is 1.26. The van der Waals surface area contributed by atoms with Gasteiger partial charge in [-0.1, -0.05) is 58.0 Å². The monoisotopic (exact) mass is 660 g/mol. The standard InChI is InChI=1S/C33H52N6O8/c1-19(2)15-24(35-21(5)40)30(43)37-25(17-28(34)42)31(44)36-23(16-22-11-8-7-9-12-22)27(41)18-39-14-10-13-26(39)32(45)38-29(20(3)4)33(46)47-6/h7-9,11-12,19-20,23-27,29,41H,10,13-18H2,1-6H3,(H2,34,42)(H,35,40)(H,36,44)(H,37,43)(H,38,45)/t23-,24-,25-,26-,27-,29-/m0/s1. The van der Waals surface area contributed by atoms with Crippen molar-refractivity contribution in [2.45, 2.75) is 103 Å². The molecular weight excluding hydrogens is 608 g/mol. The van der Waals surface area contributed by atoms with E-state index in [4.69, 9.17) is 10.5 Å². The molecule has 47 heavy (non-hydrogen) atoms. The minimum atomic E-state index is -1.37. The van der Waals surface area contributed by atoms with Gasteiger partial charge >= 0.3 is 5.97 Å². The number of primary amides is 1. The molecule has 0 spiro atoms. The van der Waals surface area contributed by atoms with Crippen LogP contribution in [0.2, 0.25) is 0 Å². The number of ether oxygens (including phenoxy) is 1. The van der Waals surface area contributed by atoms with Gasteiger partial charge in [0, 0.05) is 13.5 Å². The molecule has 5 amide bonds. The fourth-order valence-corrected chi connectivity index (χ4v) is 5.65. The van der Waals surface area contributed by atoms with Crippen molar-refractivity contribution in [1.29, 1.82) is 0 Å². The number of aliphatic hydroxyl groups excluding tert-OH is 1. The van der Waals surface area contributed by atoms with E-state index in [2.05, 4.69) is 21.3 Å². The van der Waals surface area contributed by atoms with Crippen LogP contribution in [0.3, 0.4) is 0 Å². The van der Waals surface area contributed by atoms with E-state index in [9.17, 15) is 33.9 Å². The molecule has 1 saturated heterocycles. The number of nitrogens with zero attached hydrogens (tertiary/aromatic N) is 1. The molecule has 0 aromatic heterocycles. The molecule has 2 rings (SSSR count). The highest BCUT2D eigenvalue weighted by Crippen LogP contribution is 2.20. The summed E-state index contributed by atoms with van der Waals surface area (Å²) < 4.78 is 4.85. The topological polar surface area (TPSA) is 209 Å². The summed E-state index contributed by atoms with van der Waals surface area (Å²) in [6.07, 6.45) is 0.0178. The zero-order chi connectivity index (χ0) is 35.3. The molecule has 262 valence electrons. The summed E-state index contributed by atoms with van der Waals surface area (Å²) in [5.74, 6) is -3.71. The van der Waals surface area contributed by atoms with Crippen molar-refractivity contribution >= 4 is 35.5 Å². The predicted molar refractivity (Wildman–Crippen MR) is 174 cm³/mol. The maximum absolute atomic E-state index is 13.6. The zero-order valence-corrected chi connectivity index (χ0v) is 28.3. The number of β-amino-alcohol motifs (C(OH)–C–C–N with tert-alkyl or cyclic N) is 1. The molecular formula is C33H52N6O8. The molecule has 1 aliphatic heterocycles. The van der Waals surface area contributed by atoms with Crippen LogP contribution in [0.1, 0.15) is 65.9 Å². The third kappa shape index (κ3) is 12.9. The summed E-state index contributed by atoms with van der Waals surface area (Å²) >= 11 is 0. The Labute approximate surface area is 276 Å². The third-order valence-corrected chi connectivity index (χ3v) is 8.04. The lowest BCUT2D eigenvalue weighted by molar-refractivity contribution is -0.147. The lowest BCUT2D eigenvalue weighted by Crippen LogP contribution is -2.59. The highest BCUT2D eigenvalue weighted by atomic mass is 16.5. The van der Waals surface area contributed by atoms with Crippen LogP contribution >= 0.6 is 0 Å². The van der Waals surface area contributed by atoms with E-state index in [1.807, 2.05) is 49.1 Å². The molecule has 0 unspecified atom stereocenters. The summed E-state index contributed by atoms with van der Waals surface area (Å²) in [5, 5.41) is 22.2. The predicted octanol–water partition coefficient (Wildman–Crippen LogP) is -0.236. The Morgan fingerprint density at radius 2 is 1.60 bits per heavy atom. The molecule has 1 aliphatic rings. The number of hydrogen-bond acceptors (Lipinski definition) is 9. The van der Waals surface area contributed by atoms with E-state index < -0.39 is 72.3 Å². The SMILES string of the molecule is COC(=O)[C@@H](NC(=O)[C@@H]1CCCN1C[C@H](O)[C@H](Cc1ccccc1)NC(=O)[C@H](CC(N)=O)NC(=O)[C@H](CC(C)C)NC(C)=O)C(C)C. The number of carbonyl (C=O) groups excluding carboxylic acids is 6. The van der Waals surface area contributed by atoms with Gasteiger partial charge in [-0.3, -0.25) is 28.9 Å². The normalized spacial score (nSPS) is 18.0. The first kappa shape index (κ1) is 39.1. The first-order valence-corrected chi connectivity index (χ1v) is 16.1. The van der Waals surface area contributed by atoms with Crippen LogP contribution in [0.5, 0.6) is 0 Å². The van der Waals surface area contributed by atoms with E-state index in [-0.39, 0.29) is 30.7 Å². The van der Waals surface area contributed by atoms with Crippen molar-refractivity contribution in [2.24, 2.45) is 17.6 Å². The summed E-state index contributed by atoms with van der Waals surface area (Å²) in [6, 6.07) is 4.52. The van der Waals surface area contributed by atoms with Crippen LogP contribution in [0, 0.1) is 11.8 Å². The van der Waals surface area contributed by atoms with Crippen LogP contribution in [0.25, 0.3) is 0 Å². The molecule has 1 aromatic carbocycles. The Bertz CT molecular complexity index is 1230. The van der Waals surface area contributed by atoms with Gasteiger partial charge in [-0.15, -0.1) is 0 Å². The molecule has 0 radical (unpaired) electrons. The third-order valence-electron chi connectivity index (χ3n) is 8.04. The van der Waals surface area contributed by atoms with Gasteiger partial charge in [-0.2, -0.15) is 0 Å². The summed E-state index contributed by atoms with van der Waals surface area (Å²) in [6.45, 7) is 9.16. The van der Waals surface area contributed by atoms with Crippen LogP contribution in [0.4, 0.5) is 0 Å². The van der Waals surface area contributed by atoms with Gasteiger partial charge in [0.05, 0.1) is 31.7 Å². The Balaban J connectivity index is 2.27. The van der Waals surface area contributed by atoms with Gasteiger partial charge in [0.25, 0.3) is 0 Å². The number of carbonyl (C=O) groups is 6. The van der Waals surface area contributed by atoms with E-state index in [1.165, 1.54) is 14.0 Å². The number of hydrogen-bond donors (Lipinski definition) is 6. The Morgan fingerprint density at radius 3 is 2.15 bits per heavy atom. The number of amides is 5. The van der Waals surface area contributed by atoms with Gasteiger partial charge in [-0.05, 0) is 49.6 Å². The van der Waals surface area contributed by atoms with Crippen molar-refractivity contribution in [2.75, 3.05) is 20.2 Å². The van der Waals surface area contributed by atoms with Crippen LogP contribution in [-0.4, -0.2) is 102 Å². The fourth-order valence-electron chi connectivity index (χ4n) is 5.65. The minimum Gasteiger partial charge on any atom is -0.467 e. The quantitative estimate of drug-likeness (QED) is 0.115. The average molecular weight is 661 g/mol. The first-order valence-electron chi connectivity index (χ1n) is 16.1. The number of aliphatic hydroxyl groups is 1. The van der Waals surface area contributed by atoms with E-state index in [0.717, 1.165) is 5.56 Å². The maximum Gasteiger partial charge on any atom is 0.328 e. The second-order valence-corrected chi connectivity index (χ2v) is 12.9. The molecule has 1 fully saturated rings. The van der Waals surface area contributed by atoms with E-state index >= 15 is 0 Å². The Morgan fingerprint density at radius 1 is 0.957 bits per heavy atom. The zero-order valence-electron chi connectivity index (χ0n) is 28.3. The minimum absolute atomic E-state index is 0.0201. The number of likely N-dealkylation sites (tertiary alicyclic amines) is 1. The van der Waals surface area contributed by atoms with Crippen molar-refractivity contribution in [3.8, 4) is 0 Å². The Kier molecular flexibility index (Phi) is 15.8. The summed E-state index contributed by atoms with van der Waals surface area (Å²) in [5.41, 5.74) is 6.24. The van der Waals surface area contributed by atoms with Crippen LogP contribution in [-0.2, 0) is 39.9 Å². The molecule has 1 heterocycles. The van der Waals surface area contributed by atoms with E-state index in [1.54, 1.807) is 13.8 Å². The highest BCUT2D eigenvalue weighted by molar-refractivity contribution is 5.94. The molecule has 0 bridgehead atoms. The van der Waals surface area contributed by atoms with Crippen molar-refractivity contribution < 1.29 is 38.6 Å². The van der Waals surface area contributed by atoms with Crippen molar-refractivity contribution in [3.05, 3.63) is 35.9 Å². The number of benzene rings is 1. The molecule has 7 N–H and O–H groups in total. The molecule has 0 saturated carbocycles. The van der Waals surface area contributed by atoms with Crippen molar-refractivity contribution in [1.82, 2.24) is 26.2 Å².